The van der Waals surface area contributed by atoms with Crippen molar-refractivity contribution >= 4 is 10.9 Å². The molecule has 2 aromatic heterocycles. The average molecular weight is 396 g/mol. The number of aromatic nitrogens is 2. The molecule has 2 aromatic carbocycles. The molecule has 0 N–H and O–H groups in total. The fourth-order valence-electron chi connectivity index (χ4n) is 4.79. The molecule has 0 aliphatic carbocycles. The monoisotopic (exact) mass is 395 g/mol. The summed E-state index contributed by atoms with van der Waals surface area (Å²) in [5, 5.41) is 1.45. The summed E-state index contributed by atoms with van der Waals surface area (Å²) < 4.78 is 2.59. The van der Waals surface area contributed by atoms with Gasteiger partial charge in [-0.3, -0.25) is 9.88 Å². The Kier molecular flexibility index (Phi) is 5.37. The Hall–Kier alpha value is -2.91. The summed E-state index contributed by atoms with van der Waals surface area (Å²) in [6, 6.07) is 22.1. The van der Waals surface area contributed by atoms with Gasteiger partial charge in [-0.15, -0.1) is 0 Å². The molecule has 0 saturated carbocycles. The van der Waals surface area contributed by atoms with Crippen molar-refractivity contribution in [2.75, 3.05) is 13.1 Å². The smallest absolute Gasteiger partial charge is 0.0486 e. The van der Waals surface area contributed by atoms with Crippen LogP contribution in [0.3, 0.4) is 0 Å². The third kappa shape index (κ3) is 3.90. The maximum atomic E-state index is 4.14. The molecule has 3 heterocycles. The van der Waals surface area contributed by atoms with Crippen molar-refractivity contribution in [3.8, 4) is 0 Å². The number of benzene rings is 2. The molecule has 0 amide bonds. The van der Waals surface area contributed by atoms with Gasteiger partial charge in [-0.1, -0.05) is 42.0 Å². The van der Waals surface area contributed by atoms with Crippen molar-refractivity contribution in [3.63, 3.8) is 0 Å². The van der Waals surface area contributed by atoms with Crippen LogP contribution in [-0.2, 0) is 32.4 Å². The van der Waals surface area contributed by atoms with Gasteiger partial charge >= 0.3 is 0 Å². The van der Waals surface area contributed by atoms with Gasteiger partial charge in [0.05, 0.1) is 0 Å². The average Bonchev–Trinajstić information content (AvgIpc) is 3.10. The molecule has 0 atom stereocenters. The zero-order valence-electron chi connectivity index (χ0n) is 17.7. The highest BCUT2D eigenvalue weighted by atomic mass is 15.1. The fraction of sp³-hybridized carbons (Fsp3) is 0.296. The van der Waals surface area contributed by atoms with Crippen molar-refractivity contribution in [3.05, 3.63) is 101 Å². The van der Waals surface area contributed by atoms with E-state index in [-0.39, 0.29) is 0 Å². The second-order valence-corrected chi connectivity index (χ2v) is 8.46. The first-order chi connectivity index (χ1) is 14.8. The van der Waals surface area contributed by atoms with Gasteiger partial charge in [-0.25, -0.2) is 0 Å². The minimum Gasteiger partial charge on any atom is -0.344 e. The summed E-state index contributed by atoms with van der Waals surface area (Å²) in [4.78, 5) is 6.76. The molecule has 4 aromatic rings. The first kappa shape index (κ1) is 19.1. The summed E-state index contributed by atoms with van der Waals surface area (Å²) in [6.45, 7) is 6.55. The summed E-state index contributed by atoms with van der Waals surface area (Å²) >= 11 is 0. The van der Waals surface area contributed by atoms with Gasteiger partial charge in [0, 0.05) is 61.6 Å². The zero-order chi connectivity index (χ0) is 20.3. The van der Waals surface area contributed by atoms with E-state index in [0.717, 1.165) is 45.4 Å². The van der Waals surface area contributed by atoms with Crippen LogP contribution in [-0.4, -0.2) is 27.5 Å². The minimum atomic E-state index is 1.05. The van der Waals surface area contributed by atoms with Gasteiger partial charge in [0.15, 0.2) is 0 Å². The molecule has 1 aliphatic rings. The molecule has 5 rings (SSSR count). The lowest BCUT2D eigenvalue weighted by molar-refractivity contribution is 0.255. The number of rotatable bonds is 6. The normalized spacial score (nSPS) is 14.2. The number of aryl methyl sites for hydroxylation is 3. The second-order valence-electron chi connectivity index (χ2n) is 8.46. The van der Waals surface area contributed by atoms with Crippen molar-refractivity contribution < 1.29 is 0 Å². The third-order valence-electron chi connectivity index (χ3n) is 6.42. The van der Waals surface area contributed by atoms with E-state index in [9.17, 15) is 0 Å². The lowest BCUT2D eigenvalue weighted by Crippen LogP contribution is -2.32. The number of hydrogen-bond acceptors (Lipinski definition) is 2. The third-order valence-corrected chi connectivity index (χ3v) is 6.42. The topological polar surface area (TPSA) is 21.1 Å². The van der Waals surface area contributed by atoms with Gasteiger partial charge < -0.3 is 4.57 Å². The SMILES string of the molecule is Cc1ccc2c(c1)c1c(n2CCc2ccccc2)CCN(CCc2ccncc2)C1. The van der Waals surface area contributed by atoms with Crippen LogP contribution in [0, 0.1) is 6.92 Å². The Morgan fingerprint density at radius 3 is 2.47 bits per heavy atom. The molecule has 0 bridgehead atoms. The molecule has 30 heavy (non-hydrogen) atoms. The van der Waals surface area contributed by atoms with E-state index in [1.165, 1.54) is 27.6 Å². The molecule has 152 valence electrons. The van der Waals surface area contributed by atoms with Gasteiger partial charge in [0.2, 0.25) is 0 Å². The second kappa shape index (κ2) is 8.45. The van der Waals surface area contributed by atoms with E-state index in [0.29, 0.717) is 0 Å². The molecule has 3 nitrogen and oxygen atoms in total. The van der Waals surface area contributed by atoms with Gasteiger partial charge in [-0.2, -0.15) is 0 Å². The molecular formula is C27H29N3. The first-order valence-electron chi connectivity index (χ1n) is 11.0. The largest absolute Gasteiger partial charge is 0.344 e. The maximum Gasteiger partial charge on any atom is 0.0486 e. The highest BCUT2D eigenvalue weighted by Crippen LogP contribution is 2.32. The fourth-order valence-corrected chi connectivity index (χ4v) is 4.79. The number of nitrogens with zero attached hydrogens (tertiary/aromatic N) is 3. The first-order valence-corrected chi connectivity index (χ1v) is 11.0. The Labute approximate surface area is 179 Å². The molecule has 3 heteroatoms. The van der Waals surface area contributed by atoms with Crippen LogP contribution < -0.4 is 0 Å². The molecule has 0 fully saturated rings. The molecular weight excluding hydrogens is 366 g/mol. The summed E-state index contributed by atoms with van der Waals surface area (Å²) in [6.07, 6.45) is 7.09. The highest BCUT2D eigenvalue weighted by Gasteiger charge is 2.23. The van der Waals surface area contributed by atoms with Crippen LogP contribution in [0.25, 0.3) is 10.9 Å². The molecule has 0 saturated heterocycles. The van der Waals surface area contributed by atoms with E-state index in [4.69, 9.17) is 0 Å². The Balaban J connectivity index is 1.40. The number of fused-ring (bicyclic) bond motifs is 3. The molecule has 1 aliphatic heterocycles. The van der Waals surface area contributed by atoms with E-state index < -0.39 is 0 Å². The van der Waals surface area contributed by atoms with Crippen LogP contribution in [0.1, 0.15) is 27.9 Å². The highest BCUT2D eigenvalue weighted by molar-refractivity contribution is 5.86. The lowest BCUT2D eigenvalue weighted by atomic mass is 10.0. The molecule has 0 spiro atoms. The summed E-state index contributed by atoms with van der Waals surface area (Å²) in [5.41, 5.74) is 8.62. The van der Waals surface area contributed by atoms with Gasteiger partial charge in [0.1, 0.15) is 0 Å². The van der Waals surface area contributed by atoms with Gasteiger partial charge in [-0.05, 0) is 60.7 Å². The summed E-state index contributed by atoms with van der Waals surface area (Å²) in [7, 11) is 0. The van der Waals surface area contributed by atoms with Gasteiger partial charge in [0.25, 0.3) is 0 Å². The minimum absolute atomic E-state index is 1.05. The number of hydrogen-bond donors (Lipinski definition) is 0. The van der Waals surface area contributed by atoms with Crippen molar-refractivity contribution in [2.24, 2.45) is 0 Å². The zero-order valence-corrected chi connectivity index (χ0v) is 17.7. The molecule has 0 radical (unpaired) electrons. The van der Waals surface area contributed by atoms with E-state index in [1.54, 1.807) is 11.3 Å². The van der Waals surface area contributed by atoms with Crippen LogP contribution in [0.4, 0.5) is 0 Å². The van der Waals surface area contributed by atoms with E-state index in [1.807, 2.05) is 12.4 Å². The van der Waals surface area contributed by atoms with Crippen molar-refractivity contribution in [1.29, 1.82) is 0 Å². The summed E-state index contributed by atoms with van der Waals surface area (Å²) in [5.74, 6) is 0. The van der Waals surface area contributed by atoms with Crippen LogP contribution in [0.2, 0.25) is 0 Å². The molecule has 0 unspecified atom stereocenters. The van der Waals surface area contributed by atoms with Crippen LogP contribution in [0.15, 0.2) is 73.1 Å². The standard InChI is InChI=1S/C27H29N3/c1-21-7-8-26-24(19-21)25-20-29(16-11-23-9-14-28-15-10-23)17-13-27(25)30(26)18-12-22-5-3-2-4-6-22/h2-10,14-15,19H,11-13,16-18,20H2,1H3. The predicted octanol–water partition coefficient (Wildman–Crippen LogP) is 5.19. The van der Waals surface area contributed by atoms with E-state index >= 15 is 0 Å². The van der Waals surface area contributed by atoms with Crippen LogP contribution >= 0.6 is 0 Å². The Morgan fingerprint density at radius 2 is 1.63 bits per heavy atom. The number of pyridine rings is 1. The maximum absolute atomic E-state index is 4.14. The Bertz CT molecular complexity index is 1130. The van der Waals surface area contributed by atoms with Crippen molar-refractivity contribution in [1.82, 2.24) is 14.5 Å². The quantitative estimate of drug-likeness (QED) is 0.448. The lowest BCUT2D eigenvalue weighted by Gasteiger charge is -2.28. The Morgan fingerprint density at radius 1 is 0.867 bits per heavy atom. The van der Waals surface area contributed by atoms with E-state index in [2.05, 4.69) is 82.0 Å². The van der Waals surface area contributed by atoms with Crippen molar-refractivity contribution in [2.45, 2.75) is 39.3 Å². The van der Waals surface area contributed by atoms with Crippen LogP contribution in [0.5, 0.6) is 0 Å². The predicted molar refractivity (Wildman–Crippen MR) is 124 cm³/mol.